The molecule has 17 unspecified atom stereocenters. The second-order valence-electron chi connectivity index (χ2n) is 27.8. The van der Waals surface area contributed by atoms with Crippen LogP contribution in [0.3, 0.4) is 0 Å². The largest absolute Gasteiger partial charge is 0.394 e. The van der Waals surface area contributed by atoms with Gasteiger partial charge in [0.2, 0.25) is 5.91 Å². The molecule has 0 aromatic heterocycles. The SMILES string of the molecule is CC/C=C\C/C=C\C/C=C\C/C=C\C/C=C\C/C=C\C/C=C\C/C=C\C/C=C\C/C=C\CCCCCCCCCCC(=O)NC(COC1OC(CO)C(OC2OC(CO)C(OC3OC(CO)C(O)C(O)C3O)C(O)C2O)C(O)C1O)C(O)/C=C/CC/C=C/CCCCCCCCCCCCCCCC. The summed E-state index contributed by atoms with van der Waals surface area (Å²) >= 11 is 0. The molecule has 0 bridgehead atoms. The number of carbonyl (C=O) groups is 1. The summed E-state index contributed by atoms with van der Waals surface area (Å²) in [6.07, 6.45) is 65.4. The number of unbranched alkanes of at least 4 members (excludes halogenated alkanes) is 23. The number of aliphatic hydroxyl groups excluding tert-OH is 11. The van der Waals surface area contributed by atoms with Crippen molar-refractivity contribution in [3.05, 3.63) is 146 Å². The highest BCUT2D eigenvalue weighted by atomic mass is 16.8. The van der Waals surface area contributed by atoms with Crippen molar-refractivity contribution in [2.24, 2.45) is 0 Å². The number of nitrogens with one attached hydrogen (secondary N) is 1. The molecule has 0 radical (unpaired) electrons. The predicted octanol–water partition coefficient (Wildman–Crippen LogP) is 13.4. The van der Waals surface area contributed by atoms with Crippen molar-refractivity contribution in [2.75, 3.05) is 26.4 Å². The second-order valence-corrected chi connectivity index (χ2v) is 27.8. The highest BCUT2D eigenvalue weighted by molar-refractivity contribution is 5.76. The molecule has 3 rings (SSSR count). The van der Waals surface area contributed by atoms with Crippen LogP contribution in [0.2, 0.25) is 0 Å². The van der Waals surface area contributed by atoms with Crippen LogP contribution in [0, 0.1) is 0 Å². The van der Waals surface area contributed by atoms with Crippen molar-refractivity contribution in [3.63, 3.8) is 0 Å². The Balaban J connectivity index is 1.37. The molecule has 3 saturated heterocycles. The van der Waals surface area contributed by atoms with Gasteiger partial charge in [0.1, 0.15) is 73.2 Å². The second kappa shape index (κ2) is 63.6. The van der Waals surface area contributed by atoms with Crippen molar-refractivity contribution >= 4 is 5.91 Å². The zero-order valence-electron chi connectivity index (χ0n) is 63.4. The van der Waals surface area contributed by atoms with Crippen molar-refractivity contribution in [3.8, 4) is 0 Å². The minimum atomic E-state index is -1.99. The van der Waals surface area contributed by atoms with Crippen molar-refractivity contribution in [2.45, 2.75) is 356 Å². The average Bonchev–Trinajstić information content (AvgIpc) is 0.783. The first-order chi connectivity index (χ1) is 50.8. The Morgan fingerprint density at radius 3 is 1.08 bits per heavy atom. The lowest BCUT2D eigenvalue weighted by Gasteiger charge is -2.48. The molecule has 3 aliphatic rings. The Bertz CT molecular complexity index is 2450. The van der Waals surface area contributed by atoms with Gasteiger partial charge in [0, 0.05) is 6.42 Å². The van der Waals surface area contributed by atoms with Gasteiger partial charge in [-0.05, 0) is 109 Å². The number of hydrogen-bond acceptors (Lipinski definition) is 18. The van der Waals surface area contributed by atoms with Crippen LogP contribution < -0.4 is 5.32 Å². The molecule has 3 heterocycles. The van der Waals surface area contributed by atoms with Gasteiger partial charge < -0.3 is 89.9 Å². The summed E-state index contributed by atoms with van der Waals surface area (Å²) in [6, 6.07) is -1.01. The van der Waals surface area contributed by atoms with E-state index < -0.39 is 124 Å². The van der Waals surface area contributed by atoms with Crippen LogP contribution >= 0.6 is 0 Å². The fourth-order valence-electron chi connectivity index (χ4n) is 12.5. The summed E-state index contributed by atoms with van der Waals surface area (Å²) in [6.45, 7) is 1.59. The summed E-state index contributed by atoms with van der Waals surface area (Å²) in [5, 5.41) is 121. The van der Waals surface area contributed by atoms with Gasteiger partial charge in [-0.25, -0.2) is 0 Å². The van der Waals surface area contributed by atoms with Crippen LogP contribution in [0.1, 0.15) is 251 Å². The standard InChI is InChI=1S/C85H141NO18/c1-3-5-7-9-11-13-15-17-19-21-23-25-26-27-28-29-30-31-32-33-34-35-36-37-38-39-40-41-42-43-45-47-49-51-53-55-57-59-61-63-73(91)86-68(69(90)62-60-58-56-54-52-50-48-46-44-24-22-20-18-16-14-12-10-8-6-4-2)67-99-83-79(97)76(94)81(71(65-88)101-83)104-85-80(98)77(95)82(72(66-89)102-85)103-84-78(96)75(93)74(92)70(64-87)100-84/h5,7,11,13,17,19,23,25,27-28,30-31,33-34,36-37,39-40,42-43,52,54,60,62,68-72,74-85,87-90,92-98H,3-4,6,8-10,12,14-16,18,20-22,24,26,29,32,35,38,41,44-51,53,55-59,61,63-67H2,1-2H3,(H,86,91)/b7-5-,13-11-,19-17-,25-23-,28-27-,31-30-,34-33-,37-36-,40-39-,43-42-,54-52+,62-60+. The molecule has 19 heteroatoms. The molecule has 0 aromatic carbocycles. The molecule has 594 valence electrons. The van der Waals surface area contributed by atoms with E-state index in [9.17, 15) is 61.0 Å². The number of rotatable bonds is 61. The number of aliphatic hydroxyl groups is 11. The summed E-state index contributed by atoms with van der Waals surface area (Å²) in [5.41, 5.74) is 0. The number of carbonyl (C=O) groups excluding carboxylic acids is 1. The smallest absolute Gasteiger partial charge is 0.220 e. The summed E-state index contributed by atoms with van der Waals surface area (Å²) in [5.74, 6) is -0.299. The normalized spacial score (nSPS) is 26.7. The van der Waals surface area contributed by atoms with Gasteiger partial charge >= 0.3 is 0 Å². The maximum atomic E-state index is 13.5. The number of ether oxygens (including phenoxy) is 6. The van der Waals surface area contributed by atoms with E-state index in [1.165, 1.54) is 89.9 Å². The summed E-state index contributed by atoms with van der Waals surface area (Å²) in [7, 11) is 0. The summed E-state index contributed by atoms with van der Waals surface area (Å²) < 4.78 is 34.4. The highest BCUT2D eigenvalue weighted by Crippen LogP contribution is 2.33. The highest BCUT2D eigenvalue weighted by Gasteiger charge is 2.54. The molecule has 0 aromatic rings. The van der Waals surface area contributed by atoms with E-state index in [-0.39, 0.29) is 18.9 Å². The van der Waals surface area contributed by atoms with Crippen LogP contribution in [0.15, 0.2) is 146 Å². The molecule has 0 aliphatic carbocycles. The van der Waals surface area contributed by atoms with Gasteiger partial charge in [-0.2, -0.15) is 0 Å². The fourth-order valence-corrected chi connectivity index (χ4v) is 12.5. The molecule has 1 amide bonds. The number of hydrogen-bond donors (Lipinski definition) is 12. The molecular formula is C85H141NO18. The quantitative estimate of drug-likeness (QED) is 0.0199. The van der Waals surface area contributed by atoms with E-state index in [2.05, 4.69) is 153 Å². The third-order valence-corrected chi connectivity index (χ3v) is 18.9. The maximum absolute atomic E-state index is 13.5. The molecule has 0 spiro atoms. The lowest BCUT2D eigenvalue weighted by molar-refractivity contribution is -0.379. The number of amides is 1. The van der Waals surface area contributed by atoms with Crippen molar-refractivity contribution in [1.29, 1.82) is 0 Å². The summed E-state index contributed by atoms with van der Waals surface area (Å²) in [4.78, 5) is 13.5. The monoisotopic (exact) mass is 1460 g/mol. The van der Waals surface area contributed by atoms with E-state index >= 15 is 0 Å². The third kappa shape index (κ3) is 43.0. The van der Waals surface area contributed by atoms with Crippen LogP contribution in [0.25, 0.3) is 0 Å². The van der Waals surface area contributed by atoms with Gasteiger partial charge in [-0.1, -0.05) is 282 Å². The Morgan fingerprint density at radius 2 is 0.673 bits per heavy atom. The lowest BCUT2D eigenvalue weighted by atomic mass is 9.96. The third-order valence-electron chi connectivity index (χ3n) is 18.9. The predicted molar refractivity (Wildman–Crippen MR) is 415 cm³/mol. The first-order valence-electron chi connectivity index (χ1n) is 40.1. The van der Waals surface area contributed by atoms with E-state index in [1.807, 2.05) is 6.08 Å². The van der Waals surface area contributed by atoms with Crippen LogP contribution in [-0.2, 0) is 33.2 Å². The molecular weight excluding hydrogens is 1320 g/mol. The maximum Gasteiger partial charge on any atom is 0.220 e. The van der Waals surface area contributed by atoms with Crippen LogP contribution in [0.4, 0.5) is 0 Å². The Morgan fingerprint density at radius 1 is 0.356 bits per heavy atom. The van der Waals surface area contributed by atoms with Gasteiger partial charge in [0.15, 0.2) is 18.9 Å². The molecule has 19 nitrogen and oxygen atoms in total. The van der Waals surface area contributed by atoms with Crippen molar-refractivity contribution < 1.29 is 89.4 Å². The Hall–Kier alpha value is -4.33. The van der Waals surface area contributed by atoms with E-state index in [0.29, 0.717) is 12.8 Å². The minimum absolute atomic E-state index is 0.216. The number of allylic oxidation sites excluding steroid dienone is 23. The van der Waals surface area contributed by atoms with Gasteiger partial charge in [0.25, 0.3) is 0 Å². The van der Waals surface area contributed by atoms with Crippen molar-refractivity contribution in [1.82, 2.24) is 5.32 Å². The Kier molecular flexibility index (Phi) is 57.4. The minimum Gasteiger partial charge on any atom is -0.394 e. The zero-order valence-corrected chi connectivity index (χ0v) is 63.4. The molecule has 0 saturated carbocycles. The average molecular weight is 1470 g/mol. The molecule has 104 heavy (non-hydrogen) atoms. The molecule has 3 fully saturated rings. The van der Waals surface area contributed by atoms with E-state index in [4.69, 9.17) is 28.4 Å². The van der Waals surface area contributed by atoms with Gasteiger partial charge in [-0.15, -0.1) is 0 Å². The fraction of sp³-hybridized carbons (Fsp3) is 0.706. The molecule has 17 atom stereocenters. The lowest BCUT2D eigenvalue weighted by Crippen LogP contribution is -2.66. The molecule has 12 N–H and O–H groups in total. The first kappa shape index (κ1) is 93.9. The van der Waals surface area contributed by atoms with Gasteiger partial charge in [-0.3, -0.25) is 4.79 Å². The Labute approximate surface area is 625 Å². The molecule has 3 aliphatic heterocycles. The van der Waals surface area contributed by atoms with E-state index in [0.717, 1.165) is 128 Å². The zero-order chi connectivity index (χ0) is 75.3. The van der Waals surface area contributed by atoms with E-state index in [1.54, 1.807) is 6.08 Å². The topological polar surface area (TPSA) is 307 Å². The first-order valence-corrected chi connectivity index (χ1v) is 40.1. The van der Waals surface area contributed by atoms with Gasteiger partial charge in [0.05, 0.1) is 38.6 Å². The van der Waals surface area contributed by atoms with Crippen LogP contribution in [0.5, 0.6) is 0 Å². The van der Waals surface area contributed by atoms with Crippen LogP contribution in [-0.4, -0.2) is 193 Å².